The molecule has 3 rings (SSSR count). The lowest BCUT2D eigenvalue weighted by atomic mass is 10.1. The number of aromatic nitrogens is 4. The average molecular weight is 456 g/mol. The number of hydrogen-bond acceptors (Lipinski definition) is 11. The highest BCUT2D eigenvalue weighted by Gasteiger charge is 2.44. The molecule has 0 unspecified atom stereocenters. The Balaban J connectivity index is 1.69. The van der Waals surface area contributed by atoms with Crippen LogP contribution in [0.15, 0.2) is 6.33 Å². The van der Waals surface area contributed by atoms with E-state index in [0.29, 0.717) is 23.5 Å². The number of nitrogen functional groups attached to an aromatic ring is 1. The summed E-state index contributed by atoms with van der Waals surface area (Å²) in [5.41, 5.74) is 6.15. The van der Waals surface area contributed by atoms with Crippen molar-refractivity contribution in [1.29, 1.82) is 0 Å². The number of aliphatic hydroxyl groups excluding tert-OH is 2. The number of fused-ring (bicyclic) bond motifs is 1. The van der Waals surface area contributed by atoms with Gasteiger partial charge in [-0.1, -0.05) is 0 Å². The van der Waals surface area contributed by atoms with Gasteiger partial charge in [-0.2, -0.15) is 21.7 Å². The van der Waals surface area contributed by atoms with E-state index >= 15 is 0 Å². The molecule has 3 heterocycles. The van der Waals surface area contributed by atoms with Gasteiger partial charge < -0.3 is 36.1 Å². The number of carbonyl (C=O) groups is 1. The molecule has 0 radical (unpaired) electrons. The minimum atomic E-state index is -1.14. The van der Waals surface area contributed by atoms with E-state index in [1.54, 1.807) is 20.8 Å². The van der Waals surface area contributed by atoms with Crippen LogP contribution in [0.2, 0.25) is 0 Å². The van der Waals surface area contributed by atoms with Gasteiger partial charge in [-0.15, -0.1) is 0 Å². The maximum Gasteiger partial charge on any atom is 0.407 e. The summed E-state index contributed by atoms with van der Waals surface area (Å²) in [6.07, 6.45) is -0.701. The third kappa shape index (κ3) is 5.47. The van der Waals surface area contributed by atoms with Gasteiger partial charge in [-0.3, -0.25) is 4.57 Å². The van der Waals surface area contributed by atoms with Crippen LogP contribution in [0, 0.1) is 0 Å². The zero-order valence-electron chi connectivity index (χ0n) is 17.9. The zero-order chi connectivity index (χ0) is 22.8. The molecule has 0 bridgehead atoms. The smallest absolute Gasteiger partial charge is 0.407 e. The minimum absolute atomic E-state index is 0.153. The molecule has 0 aromatic carbocycles. The number of amides is 1. The van der Waals surface area contributed by atoms with Gasteiger partial charge in [0.2, 0.25) is 5.95 Å². The van der Waals surface area contributed by atoms with Crippen LogP contribution in [0.5, 0.6) is 0 Å². The largest absolute Gasteiger partial charge is 0.444 e. The standard InChI is InChI=1S/C18H29N7O5S/c1-18(2,3)30-17(28)21-6-5-20-16-23-13(19)10-14(24-16)25(8-22-10)15-12(27)11(26)9(29-15)7-31-4/h8-9,11-12,15,26-27H,5-7H2,1-4H3,(H,21,28)(H3,19,20,23,24)/t9-,11-,12-,15-/m1/s1. The first-order valence-electron chi connectivity index (χ1n) is 9.82. The van der Waals surface area contributed by atoms with Gasteiger partial charge in [0.1, 0.15) is 23.3 Å². The van der Waals surface area contributed by atoms with Crippen molar-refractivity contribution in [3.05, 3.63) is 6.33 Å². The van der Waals surface area contributed by atoms with Crippen LogP contribution < -0.4 is 16.4 Å². The fourth-order valence-corrected chi connectivity index (χ4v) is 3.72. The number of hydrogen-bond donors (Lipinski definition) is 5. The van der Waals surface area contributed by atoms with Crippen molar-refractivity contribution in [3.8, 4) is 0 Å². The highest BCUT2D eigenvalue weighted by Crippen LogP contribution is 2.33. The van der Waals surface area contributed by atoms with Crippen LogP contribution in [-0.4, -0.2) is 84.8 Å². The Labute approximate surface area is 183 Å². The quantitative estimate of drug-likeness (QED) is 0.364. The molecular formula is C18H29N7O5S. The maximum atomic E-state index is 11.7. The molecule has 1 aliphatic heterocycles. The monoisotopic (exact) mass is 455 g/mol. The van der Waals surface area contributed by atoms with Crippen molar-refractivity contribution in [1.82, 2.24) is 24.8 Å². The summed E-state index contributed by atoms with van der Waals surface area (Å²) < 4.78 is 12.5. The number of nitrogens with zero attached hydrogens (tertiary/aromatic N) is 4. The number of ether oxygens (including phenoxy) is 2. The predicted octanol–water partition coefficient (Wildman–Crippen LogP) is 0.327. The summed E-state index contributed by atoms with van der Waals surface area (Å²) in [5, 5.41) is 26.3. The summed E-state index contributed by atoms with van der Waals surface area (Å²) in [4.78, 5) is 24.5. The molecule has 31 heavy (non-hydrogen) atoms. The van der Waals surface area contributed by atoms with Gasteiger partial charge in [0, 0.05) is 18.8 Å². The third-order valence-electron chi connectivity index (χ3n) is 4.47. The van der Waals surface area contributed by atoms with E-state index in [1.165, 1.54) is 22.7 Å². The van der Waals surface area contributed by atoms with E-state index in [1.807, 2.05) is 6.26 Å². The van der Waals surface area contributed by atoms with Gasteiger partial charge in [-0.05, 0) is 27.0 Å². The third-order valence-corrected chi connectivity index (χ3v) is 5.13. The number of alkyl carbamates (subject to hydrolysis) is 1. The normalized spacial score (nSPS) is 23.8. The van der Waals surface area contributed by atoms with Crippen molar-refractivity contribution in [2.75, 3.05) is 36.1 Å². The molecule has 172 valence electrons. The molecule has 2 aromatic rings. The molecular weight excluding hydrogens is 426 g/mol. The first-order chi connectivity index (χ1) is 14.6. The Kier molecular flexibility index (Phi) is 7.09. The molecule has 1 saturated heterocycles. The molecule has 12 nitrogen and oxygen atoms in total. The van der Waals surface area contributed by atoms with Crippen LogP contribution in [0.25, 0.3) is 11.2 Å². The number of carbonyl (C=O) groups excluding carboxylic acids is 1. The minimum Gasteiger partial charge on any atom is -0.444 e. The molecule has 1 amide bonds. The van der Waals surface area contributed by atoms with Gasteiger partial charge in [0.05, 0.1) is 12.4 Å². The summed E-state index contributed by atoms with van der Waals surface area (Å²) in [5.74, 6) is 0.919. The van der Waals surface area contributed by atoms with Crippen molar-refractivity contribution in [2.45, 2.75) is 50.9 Å². The number of nitrogens with one attached hydrogen (secondary N) is 2. The van der Waals surface area contributed by atoms with E-state index in [2.05, 4.69) is 25.6 Å². The highest BCUT2D eigenvalue weighted by molar-refractivity contribution is 7.98. The average Bonchev–Trinajstić information content (AvgIpc) is 3.21. The Hall–Kier alpha value is -2.35. The van der Waals surface area contributed by atoms with E-state index in [4.69, 9.17) is 15.2 Å². The lowest BCUT2D eigenvalue weighted by molar-refractivity contribution is -0.0288. The second-order valence-electron chi connectivity index (χ2n) is 8.11. The highest BCUT2D eigenvalue weighted by atomic mass is 32.2. The van der Waals surface area contributed by atoms with E-state index in [-0.39, 0.29) is 18.3 Å². The lowest BCUT2D eigenvalue weighted by Crippen LogP contribution is -2.35. The lowest BCUT2D eigenvalue weighted by Gasteiger charge is -2.19. The number of thioether (sulfide) groups is 1. The van der Waals surface area contributed by atoms with E-state index < -0.39 is 36.2 Å². The summed E-state index contributed by atoms with van der Waals surface area (Å²) >= 11 is 1.51. The Morgan fingerprint density at radius 2 is 2.06 bits per heavy atom. The Morgan fingerprint density at radius 1 is 1.32 bits per heavy atom. The van der Waals surface area contributed by atoms with Crippen molar-refractivity contribution in [2.24, 2.45) is 0 Å². The molecule has 4 atom stereocenters. The van der Waals surface area contributed by atoms with Crippen LogP contribution >= 0.6 is 11.8 Å². The number of rotatable bonds is 7. The summed E-state index contributed by atoms with van der Waals surface area (Å²) in [7, 11) is 0. The van der Waals surface area contributed by atoms with Crippen LogP contribution in [0.4, 0.5) is 16.6 Å². The maximum absolute atomic E-state index is 11.7. The molecule has 2 aromatic heterocycles. The van der Waals surface area contributed by atoms with Crippen LogP contribution in [-0.2, 0) is 9.47 Å². The van der Waals surface area contributed by atoms with Crippen molar-refractivity contribution in [3.63, 3.8) is 0 Å². The summed E-state index contributed by atoms with van der Waals surface area (Å²) in [6, 6.07) is 0. The molecule has 6 N–H and O–H groups in total. The second kappa shape index (κ2) is 9.42. The number of aliphatic hydroxyl groups is 2. The molecule has 0 aliphatic carbocycles. The second-order valence-corrected chi connectivity index (χ2v) is 9.02. The molecule has 1 fully saturated rings. The Morgan fingerprint density at radius 3 is 2.74 bits per heavy atom. The van der Waals surface area contributed by atoms with Crippen LogP contribution in [0.1, 0.15) is 27.0 Å². The van der Waals surface area contributed by atoms with Gasteiger partial charge >= 0.3 is 6.09 Å². The van der Waals surface area contributed by atoms with Gasteiger partial charge in [0.25, 0.3) is 0 Å². The topological polar surface area (TPSA) is 170 Å². The fraction of sp³-hybridized carbons (Fsp3) is 0.667. The number of imidazole rings is 1. The van der Waals surface area contributed by atoms with Gasteiger partial charge in [-0.25, -0.2) is 9.78 Å². The number of nitrogens with two attached hydrogens (primary N) is 1. The fourth-order valence-electron chi connectivity index (χ4n) is 3.12. The molecule has 13 heteroatoms. The predicted molar refractivity (Wildman–Crippen MR) is 117 cm³/mol. The van der Waals surface area contributed by atoms with E-state index in [0.717, 1.165) is 0 Å². The zero-order valence-corrected chi connectivity index (χ0v) is 18.7. The van der Waals surface area contributed by atoms with Gasteiger partial charge in [0.15, 0.2) is 17.7 Å². The van der Waals surface area contributed by atoms with Crippen molar-refractivity contribution >= 4 is 40.8 Å². The first kappa shape index (κ1) is 23.3. The van der Waals surface area contributed by atoms with E-state index in [9.17, 15) is 15.0 Å². The first-order valence-corrected chi connectivity index (χ1v) is 11.2. The summed E-state index contributed by atoms with van der Waals surface area (Å²) in [6.45, 7) is 5.96. The molecule has 0 spiro atoms. The molecule has 0 saturated carbocycles. The molecule has 1 aliphatic rings. The van der Waals surface area contributed by atoms with Crippen LogP contribution in [0.3, 0.4) is 0 Å². The Bertz CT molecular complexity index is 919. The van der Waals surface area contributed by atoms with Crippen molar-refractivity contribution < 1.29 is 24.5 Å². The SMILES string of the molecule is CSC[C@H]1O[C@@H](n2cnc3c(N)nc(NCCNC(=O)OC(C)(C)C)nc32)[C@H](O)[C@@H]1O. The number of anilines is 2.